The Bertz CT molecular complexity index is 506. The lowest BCUT2D eigenvalue weighted by molar-refractivity contribution is -0.151. The van der Waals surface area contributed by atoms with Gasteiger partial charge in [-0.25, -0.2) is 0 Å². The van der Waals surface area contributed by atoms with E-state index in [-0.39, 0.29) is 18.0 Å². The highest BCUT2D eigenvalue weighted by atomic mass is 16.5. The summed E-state index contributed by atoms with van der Waals surface area (Å²) in [6.07, 6.45) is 4.06. The van der Waals surface area contributed by atoms with Crippen molar-refractivity contribution in [3.05, 3.63) is 29.8 Å². The molecule has 0 spiro atoms. The van der Waals surface area contributed by atoms with E-state index >= 15 is 0 Å². The molecule has 1 aliphatic rings. The van der Waals surface area contributed by atoms with Crippen LogP contribution in [0.4, 0.5) is 0 Å². The van der Waals surface area contributed by atoms with Crippen molar-refractivity contribution in [2.45, 2.75) is 51.2 Å². The lowest BCUT2D eigenvalue weighted by Gasteiger charge is -2.30. The zero-order chi connectivity index (χ0) is 16.7. The van der Waals surface area contributed by atoms with Crippen LogP contribution in [0.2, 0.25) is 0 Å². The van der Waals surface area contributed by atoms with Crippen molar-refractivity contribution in [3.8, 4) is 5.75 Å². The maximum Gasteiger partial charge on any atom is 0.302 e. The summed E-state index contributed by atoms with van der Waals surface area (Å²) in [5, 5.41) is 10.0. The zero-order valence-corrected chi connectivity index (χ0v) is 13.7. The van der Waals surface area contributed by atoms with Crippen molar-refractivity contribution in [1.82, 2.24) is 0 Å². The molecule has 2 rings (SSSR count). The first-order chi connectivity index (χ1) is 11.1. The van der Waals surface area contributed by atoms with Crippen molar-refractivity contribution in [3.63, 3.8) is 0 Å². The van der Waals surface area contributed by atoms with Crippen molar-refractivity contribution >= 4 is 5.97 Å². The second kappa shape index (κ2) is 8.89. The number of carbonyl (C=O) groups excluding carboxylic acids is 1. The predicted molar refractivity (Wildman–Crippen MR) is 88.1 cm³/mol. The minimum absolute atomic E-state index is 0.0488. The molecule has 1 aromatic rings. The summed E-state index contributed by atoms with van der Waals surface area (Å²) in [5.74, 6) is 0.727. The van der Waals surface area contributed by atoms with Gasteiger partial charge in [-0.05, 0) is 49.9 Å². The topological polar surface area (TPSA) is 81.8 Å². The van der Waals surface area contributed by atoms with Gasteiger partial charge in [0.05, 0.1) is 12.7 Å². The van der Waals surface area contributed by atoms with Crippen LogP contribution in [0.25, 0.3) is 0 Å². The van der Waals surface area contributed by atoms with Gasteiger partial charge in [-0.15, -0.1) is 0 Å². The molecule has 0 heterocycles. The summed E-state index contributed by atoms with van der Waals surface area (Å²) in [6, 6.07) is 7.47. The molecule has 0 radical (unpaired) electrons. The summed E-state index contributed by atoms with van der Waals surface area (Å²) in [5.41, 5.74) is 6.30. The molecule has 0 saturated heterocycles. The molecule has 5 nitrogen and oxygen atoms in total. The quantitative estimate of drug-likeness (QED) is 0.754. The van der Waals surface area contributed by atoms with E-state index in [1.807, 2.05) is 24.3 Å². The van der Waals surface area contributed by atoms with E-state index in [2.05, 4.69) is 0 Å². The number of benzene rings is 1. The van der Waals surface area contributed by atoms with Gasteiger partial charge in [-0.3, -0.25) is 4.79 Å². The monoisotopic (exact) mass is 321 g/mol. The van der Waals surface area contributed by atoms with Crippen LogP contribution in [-0.4, -0.2) is 30.3 Å². The van der Waals surface area contributed by atoms with Gasteiger partial charge in [0, 0.05) is 12.8 Å². The van der Waals surface area contributed by atoms with Gasteiger partial charge in [0.2, 0.25) is 0 Å². The van der Waals surface area contributed by atoms with Crippen LogP contribution in [0, 0.1) is 5.92 Å². The summed E-state index contributed by atoms with van der Waals surface area (Å²) in [6.45, 7) is 2.42. The molecule has 0 unspecified atom stereocenters. The van der Waals surface area contributed by atoms with E-state index in [9.17, 15) is 9.90 Å². The van der Waals surface area contributed by atoms with Crippen molar-refractivity contribution in [2.24, 2.45) is 11.7 Å². The largest absolute Gasteiger partial charge is 0.493 e. The van der Waals surface area contributed by atoms with Crippen LogP contribution < -0.4 is 10.5 Å². The molecule has 5 heteroatoms. The van der Waals surface area contributed by atoms with Gasteiger partial charge in [0.25, 0.3) is 0 Å². The van der Waals surface area contributed by atoms with Gasteiger partial charge in [-0.2, -0.15) is 0 Å². The van der Waals surface area contributed by atoms with Gasteiger partial charge in [0.15, 0.2) is 0 Å². The summed E-state index contributed by atoms with van der Waals surface area (Å²) in [4.78, 5) is 11.2. The van der Waals surface area contributed by atoms with E-state index in [0.717, 1.165) is 37.0 Å². The van der Waals surface area contributed by atoms with E-state index in [0.29, 0.717) is 19.6 Å². The summed E-state index contributed by atoms with van der Waals surface area (Å²) in [7, 11) is 0. The zero-order valence-electron chi connectivity index (χ0n) is 13.7. The van der Waals surface area contributed by atoms with Crippen molar-refractivity contribution in [1.29, 1.82) is 0 Å². The first-order valence-corrected chi connectivity index (χ1v) is 8.38. The normalized spacial score (nSPS) is 22.4. The maximum atomic E-state index is 11.2. The second-order valence-corrected chi connectivity index (χ2v) is 6.17. The third kappa shape index (κ3) is 5.52. The average Bonchev–Trinajstić information content (AvgIpc) is 2.54. The Morgan fingerprint density at radius 3 is 2.91 bits per heavy atom. The number of aliphatic hydroxyl groups excluding tert-OH is 1. The molecule has 3 atom stereocenters. The Hall–Kier alpha value is -1.59. The number of nitrogens with two attached hydrogens (primary N) is 1. The fourth-order valence-corrected chi connectivity index (χ4v) is 3.07. The molecule has 1 fully saturated rings. The molecule has 3 N–H and O–H groups in total. The minimum atomic E-state index is -0.563. The molecule has 0 bridgehead atoms. The van der Waals surface area contributed by atoms with Crippen LogP contribution in [-0.2, 0) is 9.53 Å². The molecular weight excluding hydrogens is 294 g/mol. The lowest BCUT2D eigenvalue weighted by Crippen LogP contribution is -2.33. The highest BCUT2D eigenvalue weighted by Crippen LogP contribution is 2.28. The first kappa shape index (κ1) is 17.8. The molecule has 23 heavy (non-hydrogen) atoms. The molecule has 1 aromatic carbocycles. The third-order valence-corrected chi connectivity index (χ3v) is 4.30. The molecule has 128 valence electrons. The molecule has 0 amide bonds. The van der Waals surface area contributed by atoms with E-state index in [1.165, 1.54) is 6.92 Å². The Morgan fingerprint density at radius 1 is 1.39 bits per heavy atom. The van der Waals surface area contributed by atoms with Crippen molar-refractivity contribution < 1.29 is 19.4 Å². The fraction of sp³-hybridized carbons (Fsp3) is 0.611. The number of hydrogen-bond donors (Lipinski definition) is 2. The van der Waals surface area contributed by atoms with E-state index < -0.39 is 6.10 Å². The Kier molecular flexibility index (Phi) is 6.86. The molecular formula is C18H27NO4. The van der Waals surface area contributed by atoms with Crippen LogP contribution in [0.3, 0.4) is 0 Å². The van der Waals surface area contributed by atoms with Crippen LogP contribution in [0.1, 0.15) is 50.7 Å². The Balaban J connectivity index is 1.93. The molecule has 1 saturated carbocycles. The number of carbonyl (C=O) groups is 1. The second-order valence-electron chi connectivity index (χ2n) is 6.17. The third-order valence-electron chi connectivity index (χ3n) is 4.30. The van der Waals surface area contributed by atoms with Crippen LogP contribution in [0.5, 0.6) is 5.75 Å². The minimum Gasteiger partial charge on any atom is -0.493 e. The van der Waals surface area contributed by atoms with Crippen LogP contribution in [0.15, 0.2) is 24.3 Å². The predicted octanol–water partition coefficient (Wildman–Crippen LogP) is 2.57. The number of ether oxygens (including phenoxy) is 2. The molecule has 0 aromatic heterocycles. The maximum absolute atomic E-state index is 11.2. The molecule has 0 aliphatic heterocycles. The summed E-state index contributed by atoms with van der Waals surface area (Å²) < 4.78 is 11.3. The average molecular weight is 321 g/mol. The summed E-state index contributed by atoms with van der Waals surface area (Å²) >= 11 is 0. The highest BCUT2D eigenvalue weighted by molar-refractivity contribution is 5.66. The number of hydrogen-bond acceptors (Lipinski definition) is 5. The Labute approximate surface area is 137 Å². The number of esters is 1. The lowest BCUT2D eigenvalue weighted by atomic mass is 9.87. The van der Waals surface area contributed by atoms with Crippen molar-refractivity contribution in [2.75, 3.05) is 13.2 Å². The van der Waals surface area contributed by atoms with Crippen LogP contribution >= 0.6 is 0 Å². The Morgan fingerprint density at radius 2 is 2.17 bits per heavy atom. The number of aliphatic hydroxyl groups is 1. The number of rotatable bonds is 7. The van der Waals surface area contributed by atoms with Gasteiger partial charge < -0.3 is 20.3 Å². The fourth-order valence-electron chi connectivity index (χ4n) is 3.07. The van der Waals surface area contributed by atoms with Gasteiger partial charge in [0.1, 0.15) is 11.9 Å². The smallest absolute Gasteiger partial charge is 0.302 e. The first-order valence-electron chi connectivity index (χ1n) is 8.38. The standard InChI is InChI=1S/C18H27NO4/c1-13(20)23-18-8-3-2-5-15(18)12-22-16-7-4-6-14(11-16)17(21)9-10-19/h4,6-7,11,15,17-18,21H,2-3,5,8-10,12,19H2,1H3/t15-,17-,18-/m1/s1. The SMILES string of the molecule is CC(=O)O[C@@H]1CCCC[C@@H]1COc1cccc([C@H](O)CCN)c1. The van der Waals surface area contributed by atoms with Gasteiger partial charge in [-0.1, -0.05) is 18.6 Å². The van der Waals surface area contributed by atoms with E-state index in [4.69, 9.17) is 15.2 Å². The molecule has 1 aliphatic carbocycles. The highest BCUT2D eigenvalue weighted by Gasteiger charge is 2.28. The van der Waals surface area contributed by atoms with Gasteiger partial charge >= 0.3 is 5.97 Å². The van der Waals surface area contributed by atoms with E-state index in [1.54, 1.807) is 0 Å².